The fraction of sp³-hybridized carbons (Fsp3) is 0.571. The average molecular weight is 383 g/mol. The molecule has 0 N–H and O–H groups in total. The lowest BCUT2D eigenvalue weighted by atomic mass is 9.77. The predicted molar refractivity (Wildman–Crippen MR) is 108 cm³/mol. The molecule has 0 radical (unpaired) electrons. The molecule has 0 bridgehead atoms. The third kappa shape index (κ3) is 3.45. The SMILES string of the molecule is CC=C(C)N1CN(C(=O)N2CCC3(CCN(c4ccncc4)CC3)C2)CC1=O. The van der Waals surface area contributed by atoms with Crippen molar-refractivity contribution >= 4 is 17.6 Å². The Morgan fingerprint density at radius 2 is 1.79 bits per heavy atom. The Morgan fingerprint density at radius 1 is 1.11 bits per heavy atom. The number of carbonyl (C=O) groups excluding carboxylic acids is 2. The molecular weight excluding hydrogens is 354 g/mol. The summed E-state index contributed by atoms with van der Waals surface area (Å²) in [6.07, 6.45) is 8.84. The molecular formula is C21H29N5O2. The smallest absolute Gasteiger partial charge is 0.321 e. The van der Waals surface area contributed by atoms with Gasteiger partial charge in [-0.15, -0.1) is 0 Å². The van der Waals surface area contributed by atoms with Crippen LogP contribution in [0.3, 0.4) is 0 Å². The molecule has 7 nitrogen and oxygen atoms in total. The van der Waals surface area contributed by atoms with Crippen molar-refractivity contribution in [3.05, 3.63) is 36.3 Å². The highest BCUT2D eigenvalue weighted by molar-refractivity contribution is 5.88. The number of anilines is 1. The first-order valence-electron chi connectivity index (χ1n) is 10.1. The number of carbonyl (C=O) groups is 2. The van der Waals surface area contributed by atoms with Crippen molar-refractivity contribution in [2.45, 2.75) is 33.1 Å². The summed E-state index contributed by atoms with van der Waals surface area (Å²) in [4.78, 5) is 37.1. The second-order valence-electron chi connectivity index (χ2n) is 8.24. The summed E-state index contributed by atoms with van der Waals surface area (Å²) in [5, 5.41) is 0. The molecule has 1 aromatic heterocycles. The minimum atomic E-state index is 0.00326. The molecule has 3 aliphatic heterocycles. The second-order valence-corrected chi connectivity index (χ2v) is 8.24. The van der Waals surface area contributed by atoms with E-state index in [0.29, 0.717) is 6.67 Å². The van der Waals surface area contributed by atoms with Crippen molar-refractivity contribution in [1.29, 1.82) is 0 Å². The molecule has 4 rings (SSSR count). The minimum absolute atomic E-state index is 0.00326. The minimum Gasteiger partial charge on any atom is -0.371 e. The Bertz CT molecular complexity index is 770. The number of aromatic nitrogens is 1. The molecule has 0 aliphatic carbocycles. The molecule has 3 saturated heterocycles. The molecule has 1 aromatic rings. The topological polar surface area (TPSA) is 60.0 Å². The number of urea groups is 1. The Labute approximate surface area is 166 Å². The molecule has 0 atom stereocenters. The van der Waals surface area contributed by atoms with E-state index in [9.17, 15) is 9.59 Å². The first kappa shape index (κ1) is 18.8. The number of amides is 3. The lowest BCUT2D eigenvalue weighted by Crippen LogP contribution is -2.45. The van der Waals surface area contributed by atoms with Crippen molar-refractivity contribution in [3.8, 4) is 0 Å². The van der Waals surface area contributed by atoms with Crippen LogP contribution in [0.5, 0.6) is 0 Å². The number of likely N-dealkylation sites (tertiary alicyclic amines) is 1. The zero-order valence-corrected chi connectivity index (χ0v) is 16.8. The first-order valence-corrected chi connectivity index (χ1v) is 10.1. The summed E-state index contributed by atoms with van der Waals surface area (Å²) >= 11 is 0. The third-order valence-electron chi connectivity index (χ3n) is 6.61. The van der Waals surface area contributed by atoms with Gasteiger partial charge in [0.2, 0.25) is 5.91 Å². The largest absolute Gasteiger partial charge is 0.371 e. The van der Waals surface area contributed by atoms with Gasteiger partial charge in [-0.05, 0) is 50.7 Å². The van der Waals surface area contributed by atoms with Gasteiger partial charge in [0, 0.05) is 50.0 Å². The van der Waals surface area contributed by atoms with Crippen LogP contribution < -0.4 is 4.90 Å². The Morgan fingerprint density at radius 3 is 2.46 bits per heavy atom. The molecule has 4 heterocycles. The lowest BCUT2D eigenvalue weighted by molar-refractivity contribution is -0.125. The van der Waals surface area contributed by atoms with Crippen LogP contribution in [0.4, 0.5) is 10.5 Å². The van der Waals surface area contributed by atoms with Gasteiger partial charge in [-0.1, -0.05) is 6.08 Å². The fourth-order valence-electron chi connectivity index (χ4n) is 4.64. The van der Waals surface area contributed by atoms with Crippen molar-refractivity contribution < 1.29 is 9.59 Å². The highest BCUT2D eigenvalue weighted by Gasteiger charge is 2.44. The molecule has 0 aromatic carbocycles. The molecule has 7 heteroatoms. The van der Waals surface area contributed by atoms with Gasteiger partial charge in [-0.2, -0.15) is 0 Å². The standard InChI is InChI=1S/C21H29N5O2/c1-3-17(2)26-16-25(14-19(26)27)20(28)24-13-8-21(15-24)6-11-23(12-7-21)18-4-9-22-10-5-18/h3-5,9-10H,6-8,11-16H2,1-2H3. The Balaban J connectivity index is 1.34. The van der Waals surface area contributed by atoms with Gasteiger partial charge in [0.1, 0.15) is 13.2 Å². The molecule has 28 heavy (non-hydrogen) atoms. The highest BCUT2D eigenvalue weighted by atomic mass is 16.2. The molecule has 0 unspecified atom stereocenters. The number of hydrogen-bond acceptors (Lipinski definition) is 4. The van der Waals surface area contributed by atoms with Gasteiger partial charge in [0.05, 0.1) is 0 Å². The van der Waals surface area contributed by atoms with Gasteiger partial charge in [-0.3, -0.25) is 19.6 Å². The maximum Gasteiger partial charge on any atom is 0.321 e. The van der Waals surface area contributed by atoms with Crippen LogP contribution in [-0.2, 0) is 4.79 Å². The van der Waals surface area contributed by atoms with Crippen LogP contribution in [0.2, 0.25) is 0 Å². The number of pyridine rings is 1. The van der Waals surface area contributed by atoms with Crippen molar-refractivity contribution in [1.82, 2.24) is 19.7 Å². The van der Waals surface area contributed by atoms with Crippen LogP contribution in [-0.4, -0.2) is 71.0 Å². The molecule has 3 fully saturated rings. The molecule has 3 aliphatic rings. The van der Waals surface area contributed by atoms with E-state index in [2.05, 4.69) is 22.0 Å². The quantitative estimate of drug-likeness (QED) is 0.787. The normalized spacial score (nSPS) is 22.5. The summed E-state index contributed by atoms with van der Waals surface area (Å²) < 4.78 is 0. The predicted octanol–water partition coefficient (Wildman–Crippen LogP) is 2.52. The maximum absolute atomic E-state index is 13.0. The van der Waals surface area contributed by atoms with Crippen molar-refractivity contribution in [2.75, 3.05) is 44.3 Å². The summed E-state index contributed by atoms with van der Waals surface area (Å²) in [5.41, 5.74) is 2.36. The lowest BCUT2D eigenvalue weighted by Gasteiger charge is -2.40. The Kier molecular flexibility index (Phi) is 5.00. The van der Waals surface area contributed by atoms with Crippen LogP contribution >= 0.6 is 0 Å². The van der Waals surface area contributed by atoms with Crippen LogP contribution in [0.25, 0.3) is 0 Å². The summed E-state index contributed by atoms with van der Waals surface area (Å²) in [6, 6.07) is 4.13. The zero-order valence-electron chi connectivity index (χ0n) is 16.8. The summed E-state index contributed by atoms with van der Waals surface area (Å²) in [5.74, 6) is 0.00326. The summed E-state index contributed by atoms with van der Waals surface area (Å²) in [6.45, 7) is 8.01. The number of hydrogen-bond donors (Lipinski definition) is 0. The van der Waals surface area contributed by atoms with E-state index in [1.54, 1.807) is 9.80 Å². The van der Waals surface area contributed by atoms with E-state index in [1.165, 1.54) is 5.69 Å². The van der Waals surface area contributed by atoms with E-state index in [1.807, 2.05) is 37.2 Å². The highest BCUT2D eigenvalue weighted by Crippen LogP contribution is 2.41. The first-order chi connectivity index (χ1) is 13.5. The van der Waals surface area contributed by atoms with E-state index in [4.69, 9.17) is 0 Å². The number of piperidine rings is 1. The number of rotatable bonds is 2. The maximum atomic E-state index is 13.0. The van der Waals surface area contributed by atoms with E-state index >= 15 is 0 Å². The fourth-order valence-corrected chi connectivity index (χ4v) is 4.64. The molecule has 150 valence electrons. The van der Waals surface area contributed by atoms with E-state index < -0.39 is 0 Å². The van der Waals surface area contributed by atoms with Gasteiger partial charge in [-0.25, -0.2) is 4.79 Å². The monoisotopic (exact) mass is 383 g/mol. The van der Waals surface area contributed by atoms with Gasteiger partial charge in [0.25, 0.3) is 0 Å². The van der Waals surface area contributed by atoms with Gasteiger partial charge >= 0.3 is 6.03 Å². The average Bonchev–Trinajstić information content (AvgIpc) is 3.32. The molecule has 1 spiro atoms. The molecule has 3 amide bonds. The number of allylic oxidation sites excluding steroid dienone is 2. The zero-order chi connectivity index (χ0) is 19.7. The van der Waals surface area contributed by atoms with Crippen LogP contribution in [0.1, 0.15) is 33.1 Å². The summed E-state index contributed by atoms with van der Waals surface area (Å²) in [7, 11) is 0. The number of nitrogens with zero attached hydrogens (tertiary/aromatic N) is 5. The van der Waals surface area contributed by atoms with E-state index in [0.717, 1.165) is 51.1 Å². The van der Waals surface area contributed by atoms with Crippen LogP contribution in [0.15, 0.2) is 36.3 Å². The Hall–Kier alpha value is -2.57. The van der Waals surface area contributed by atoms with Crippen molar-refractivity contribution in [3.63, 3.8) is 0 Å². The van der Waals surface area contributed by atoms with Crippen molar-refractivity contribution in [2.24, 2.45) is 5.41 Å². The van der Waals surface area contributed by atoms with Gasteiger partial charge < -0.3 is 9.80 Å². The molecule has 0 saturated carbocycles. The van der Waals surface area contributed by atoms with Crippen LogP contribution in [0, 0.1) is 5.41 Å². The third-order valence-corrected chi connectivity index (χ3v) is 6.61. The second kappa shape index (κ2) is 7.45. The van der Waals surface area contributed by atoms with Gasteiger partial charge in [0.15, 0.2) is 0 Å². The van der Waals surface area contributed by atoms with E-state index in [-0.39, 0.29) is 23.9 Å².